The van der Waals surface area contributed by atoms with E-state index in [1.165, 1.54) is 97.1 Å². The van der Waals surface area contributed by atoms with Crippen LogP contribution in [0.1, 0.15) is 84.9 Å². The zero-order chi connectivity index (χ0) is 58.1. The summed E-state index contributed by atoms with van der Waals surface area (Å²) in [4.78, 5) is 91.4. The van der Waals surface area contributed by atoms with Gasteiger partial charge in [-0.15, -0.1) is 0 Å². The highest BCUT2D eigenvalue weighted by molar-refractivity contribution is 5.91. The van der Waals surface area contributed by atoms with E-state index >= 15 is 0 Å². The molecule has 0 spiro atoms. The van der Waals surface area contributed by atoms with Crippen molar-refractivity contribution < 1.29 is 112 Å². The second-order valence-corrected chi connectivity index (χ2v) is 17.6. The first-order valence-corrected chi connectivity index (χ1v) is 24.9. The van der Waals surface area contributed by atoms with Gasteiger partial charge in [-0.2, -0.15) is 0 Å². The van der Waals surface area contributed by atoms with Crippen molar-refractivity contribution in [1.29, 1.82) is 0 Å². The van der Waals surface area contributed by atoms with E-state index in [1.807, 2.05) is 0 Å². The van der Waals surface area contributed by atoms with Crippen LogP contribution >= 0.6 is 0 Å². The second-order valence-electron chi connectivity index (χ2n) is 17.6. The molecule has 0 radical (unpaired) electrons. The summed E-state index contributed by atoms with van der Waals surface area (Å²) in [5.74, 6) is -7.24. The molecule has 11 atom stereocenters. The molecule has 428 valence electrons. The van der Waals surface area contributed by atoms with Crippen molar-refractivity contribution in [3.05, 3.63) is 179 Å². The first-order valence-electron chi connectivity index (χ1n) is 24.9. The van der Waals surface area contributed by atoms with Crippen LogP contribution < -0.4 is 0 Å². The fraction of sp³-hybridized carbons (Fsp3) is 0.351. The molecule has 23 heteroatoms. The van der Waals surface area contributed by atoms with Gasteiger partial charge in [0.15, 0.2) is 43.3 Å². The third-order valence-corrected chi connectivity index (χ3v) is 11.7. The van der Waals surface area contributed by atoms with Crippen LogP contribution in [0, 0.1) is 0 Å². The molecule has 0 aliphatic heterocycles. The van der Waals surface area contributed by atoms with E-state index in [-0.39, 0.29) is 27.8 Å². The van der Waals surface area contributed by atoms with Crippen molar-refractivity contribution in [3.63, 3.8) is 0 Å². The topological polar surface area (TPSA) is 344 Å². The third kappa shape index (κ3) is 19.7. The Kier molecular flexibility index (Phi) is 25.3. The van der Waals surface area contributed by atoms with E-state index in [4.69, 9.17) is 42.6 Å². The first-order chi connectivity index (χ1) is 38.3. The summed E-state index contributed by atoms with van der Waals surface area (Å²) in [6.07, 6.45) is -28.6. The Morgan fingerprint density at radius 1 is 0.362 bits per heavy atom. The van der Waals surface area contributed by atoms with Gasteiger partial charge in [-0.05, 0) is 60.7 Å². The van der Waals surface area contributed by atoms with Crippen molar-refractivity contribution in [2.75, 3.05) is 19.8 Å². The van der Waals surface area contributed by atoms with Crippen LogP contribution in [0.15, 0.2) is 152 Å². The molecule has 0 aromatic heterocycles. The minimum atomic E-state index is -2.71. The summed E-state index contributed by atoms with van der Waals surface area (Å²) < 4.78 is 49.6. The van der Waals surface area contributed by atoms with Gasteiger partial charge in [-0.25, -0.2) is 24.0 Å². The normalized spacial score (nSPS) is 15.4. The summed E-state index contributed by atoms with van der Waals surface area (Å²) in [7, 11) is 0. The molecule has 0 bridgehead atoms. The maximum absolute atomic E-state index is 13.7. The van der Waals surface area contributed by atoms with Gasteiger partial charge in [-0.3, -0.25) is 9.59 Å². The van der Waals surface area contributed by atoms with Gasteiger partial charge in [-0.1, -0.05) is 91.0 Å². The standard InChI is InChI=1S/C57H62O23/c1-34(58)75-43(46(48(50(63)64)76-35(2)59)78-57(71)47(79-54(68)39-24-14-6-15-25-39)44(62)41(60)28-31-72-51(65)36-18-8-3-9-19-36)30-33-74-56(70)49(80-55(69)40-26-16-7-17-27-40)45(77-53(67)38-22-12-5-13-23-38)42(61)29-32-73-52(66)37-20-10-4-11-21-37/h3-27,41-50,56-57,60-64,70-71H,28-33H2,1-2H3. The van der Waals surface area contributed by atoms with Crippen LogP contribution in [0.2, 0.25) is 0 Å². The molecule has 23 nitrogen and oxygen atoms in total. The molecule has 5 rings (SSSR count). The zero-order valence-corrected chi connectivity index (χ0v) is 43.3. The Morgan fingerprint density at radius 3 is 1.11 bits per heavy atom. The lowest BCUT2D eigenvalue weighted by Gasteiger charge is -2.37. The van der Waals surface area contributed by atoms with Crippen LogP contribution in [0.25, 0.3) is 0 Å². The maximum atomic E-state index is 13.7. The molecule has 0 aliphatic carbocycles. The molecule has 80 heavy (non-hydrogen) atoms. The maximum Gasteiger partial charge on any atom is 0.338 e. The highest BCUT2D eigenvalue weighted by Gasteiger charge is 2.46. The van der Waals surface area contributed by atoms with Crippen LogP contribution in [0.4, 0.5) is 0 Å². The number of hydrogen-bond acceptors (Lipinski definition) is 23. The van der Waals surface area contributed by atoms with Crippen molar-refractivity contribution in [2.45, 2.75) is 107 Å². The Hall–Kier alpha value is -7.97. The molecular formula is C57H62O23. The summed E-state index contributed by atoms with van der Waals surface area (Å²) >= 11 is 0. The SMILES string of the molecule is CC(=O)OC(CCOC(O)C(OC(=O)c1ccccc1)C(OC(=O)c1ccccc1)C(O)CCOC(=O)c1ccccc1)C(OC(O)C(OC(=O)c1ccccc1)C(O)C(O)CCOC(=O)c1ccccc1)C(OC(C)=O)C(O)O. The number of carbonyl (C=O) groups is 7. The van der Waals surface area contributed by atoms with E-state index in [1.54, 1.807) is 54.6 Å². The smallest absolute Gasteiger partial charge is 0.338 e. The third-order valence-electron chi connectivity index (χ3n) is 11.7. The van der Waals surface area contributed by atoms with Crippen molar-refractivity contribution in [2.24, 2.45) is 0 Å². The van der Waals surface area contributed by atoms with Gasteiger partial charge in [0.05, 0.1) is 59.8 Å². The van der Waals surface area contributed by atoms with E-state index in [2.05, 4.69) is 0 Å². The first kappa shape index (κ1) is 62.9. The summed E-state index contributed by atoms with van der Waals surface area (Å²) in [5.41, 5.74) is 0.0949. The Balaban J connectivity index is 1.45. The second kappa shape index (κ2) is 32.2. The molecule has 0 heterocycles. The lowest BCUT2D eigenvalue weighted by atomic mass is 10.0. The van der Waals surface area contributed by atoms with Gasteiger partial charge in [0.1, 0.15) is 18.3 Å². The predicted molar refractivity (Wildman–Crippen MR) is 274 cm³/mol. The number of benzene rings is 5. The lowest BCUT2D eigenvalue weighted by Crippen LogP contribution is -2.55. The molecular weight excluding hydrogens is 1050 g/mol. The number of carbonyl (C=O) groups excluding carboxylic acids is 7. The van der Waals surface area contributed by atoms with Gasteiger partial charge < -0.3 is 78.4 Å². The number of esters is 7. The van der Waals surface area contributed by atoms with Crippen LogP contribution in [-0.2, 0) is 52.2 Å². The Morgan fingerprint density at radius 2 is 0.725 bits per heavy atom. The molecule has 7 N–H and O–H groups in total. The molecule has 0 amide bonds. The molecule has 5 aromatic carbocycles. The fourth-order valence-corrected chi connectivity index (χ4v) is 7.67. The molecule has 0 aliphatic rings. The van der Waals surface area contributed by atoms with Gasteiger partial charge in [0, 0.05) is 33.1 Å². The number of ether oxygens (including phenoxy) is 9. The van der Waals surface area contributed by atoms with E-state index in [0.717, 1.165) is 13.8 Å². The van der Waals surface area contributed by atoms with Crippen LogP contribution in [0.3, 0.4) is 0 Å². The minimum Gasteiger partial charge on any atom is -0.462 e. The summed E-state index contributed by atoms with van der Waals surface area (Å²) in [6.45, 7) is -0.109. The van der Waals surface area contributed by atoms with E-state index < -0.39 is 155 Å². The quantitative estimate of drug-likeness (QED) is 0.0191. The van der Waals surface area contributed by atoms with Gasteiger partial charge in [0.25, 0.3) is 0 Å². The number of rotatable bonds is 31. The van der Waals surface area contributed by atoms with Crippen molar-refractivity contribution in [3.8, 4) is 0 Å². The summed E-state index contributed by atoms with van der Waals surface area (Å²) in [6, 6.07) is 37.3. The molecule has 0 saturated heterocycles. The Labute approximate surface area is 458 Å². The highest BCUT2D eigenvalue weighted by atomic mass is 16.7. The average Bonchev–Trinajstić information content (AvgIpc) is 3.47. The van der Waals surface area contributed by atoms with Crippen molar-refractivity contribution in [1.82, 2.24) is 0 Å². The van der Waals surface area contributed by atoms with Gasteiger partial charge >= 0.3 is 41.8 Å². The molecule has 5 aromatic rings. The van der Waals surface area contributed by atoms with E-state index in [0.29, 0.717) is 0 Å². The van der Waals surface area contributed by atoms with Crippen LogP contribution in [-0.4, -0.2) is 171 Å². The largest absolute Gasteiger partial charge is 0.462 e. The Bertz CT molecular complexity index is 2710. The number of aliphatic hydroxyl groups excluding tert-OH is 6. The van der Waals surface area contributed by atoms with Crippen molar-refractivity contribution >= 4 is 41.8 Å². The zero-order valence-electron chi connectivity index (χ0n) is 43.3. The van der Waals surface area contributed by atoms with Crippen LogP contribution in [0.5, 0.6) is 0 Å². The fourth-order valence-electron chi connectivity index (χ4n) is 7.67. The summed E-state index contributed by atoms with van der Waals surface area (Å²) in [5, 5.41) is 79.2. The lowest BCUT2D eigenvalue weighted by molar-refractivity contribution is -0.275. The number of aliphatic hydroxyl groups is 7. The molecule has 11 unspecified atom stereocenters. The van der Waals surface area contributed by atoms with E-state index in [9.17, 15) is 69.3 Å². The highest BCUT2D eigenvalue weighted by Crippen LogP contribution is 2.26. The average molecular weight is 1120 g/mol. The predicted octanol–water partition coefficient (Wildman–Crippen LogP) is 2.84. The minimum absolute atomic E-state index is 0.0435. The number of hydrogen-bond donors (Lipinski definition) is 7. The molecule has 0 saturated carbocycles. The monoisotopic (exact) mass is 1110 g/mol. The molecule has 0 fully saturated rings. The van der Waals surface area contributed by atoms with Gasteiger partial charge in [0.2, 0.25) is 0 Å².